The Hall–Kier alpha value is -0.520. The molecule has 0 aromatic heterocycles. The predicted molar refractivity (Wildman–Crippen MR) is 85.9 cm³/mol. The largest absolute Gasteiger partial charge is 0.312 e. The first-order valence-corrected chi connectivity index (χ1v) is 9.81. The lowest BCUT2D eigenvalue weighted by molar-refractivity contribution is 0.552. The van der Waals surface area contributed by atoms with E-state index >= 15 is 0 Å². The summed E-state index contributed by atoms with van der Waals surface area (Å²) in [5, 5.41) is 3.65. The van der Waals surface area contributed by atoms with Crippen molar-refractivity contribution in [3.63, 3.8) is 0 Å². The molecule has 3 nitrogen and oxygen atoms in total. The molecule has 1 N–H and O–H groups in total. The van der Waals surface area contributed by atoms with Gasteiger partial charge in [-0.25, -0.2) is 8.42 Å². The molecule has 0 radical (unpaired) electrons. The molecule has 0 saturated carbocycles. The average molecular weight is 313 g/mol. The Balaban J connectivity index is 1.89. The quantitative estimate of drug-likeness (QED) is 0.877. The third kappa shape index (κ3) is 5.11. The van der Waals surface area contributed by atoms with E-state index in [1.54, 1.807) is 11.8 Å². The smallest absolute Gasteiger partial charge is 0.151 e. The van der Waals surface area contributed by atoms with Gasteiger partial charge in [0.05, 0.1) is 11.5 Å². The maximum atomic E-state index is 11.5. The molecule has 0 aliphatic carbocycles. The minimum absolute atomic E-state index is 0.221. The predicted octanol–water partition coefficient (Wildman–Crippen LogP) is 2.71. The van der Waals surface area contributed by atoms with E-state index in [2.05, 4.69) is 43.4 Å². The Kier molecular flexibility index (Phi) is 5.52. The highest BCUT2D eigenvalue weighted by Gasteiger charge is 2.28. The zero-order valence-corrected chi connectivity index (χ0v) is 13.8. The number of hydrogen-bond acceptors (Lipinski definition) is 4. The van der Waals surface area contributed by atoms with Gasteiger partial charge in [-0.2, -0.15) is 0 Å². The molecule has 0 bridgehead atoms. The van der Waals surface area contributed by atoms with Crippen molar-refractivity contribution in [3.8, 4) is 0 Å². The number of sulfone groups is 1. The Morgan fingerprint density at radius 1 is 1.40 bits per heavy atom. The summed E-state index contributed by atoms with van der Waals surface area (Å²) in [6, 6.07) is 8.41. The van der Waals surface area contributed by atoms with Crippen LogP contribution < -0.4 is 5.32 Å². The molecule has 1 aliphatic heterocycles. The van der Waals surface area contributed by atoms with Crippen molar-refractivity contribution < 1.29 is 8.42 Å². The molecule has 1 heterocycles. The minimum Gasteiger partial charge on any atom is -0.312 e. The molecule has 112 valence electrons. The first-order valence-electron chi connectivity index (χ1n) is 7.11. The fourth-order valence-corrected chi connectivity index (χ4v) is 5.86. The van der Waals surface area contributed by atoms with E-state index in [9.17, 15) is 8.42 Å². The van der Waals surface area contributed by atoms with Crippen molar-refractivity contribution in [2.45, 2.75) is 37.0 Å². The van der Waals surface area contributed by atoms with Crippen molar-refractivity contribution in [2.24, 2.45) is 5.92 Å². The topological polar surface area (TPSA) is 46.2 Å². The van der Waals surface area contributed by atoms with Gasteiger partial charge in [-0.3, -0.25) is 0 Å². The van der Waals surface area contributed by atoms with Gasteiger partial charge in [0.2, 0.25) is 0 Å². The van der Waals surface area contributed by atoms with Crippen LogP contribution in [0.3, 0.4) is 0 Å². The molecule has 20 heavy (non-hydrogen) atoms. The molecular weight excluding hydrogens is 290 g/mol. The molecule has 0 amide bonds. The second-order valence-electron chi connectivity index (χ2n) is 5.82. The normalized spacial score (nSPS) is 21.4. The van der Waals surface area contributed by atoms with E-state index in [0.717, 1.165) is 19.5 Å². The molecule has 1 aromatic carbocycles. The molecule has 1 aliphatic rings. The van der Waals surface area contributed by atoms with Crippen LogP contribution in [-0.2, 0) is 16.4 Å². The maximum absolute atomic E-state index is 11.5. The Bertz CT molecular complexity index is 541. The highest BCUT2D eigenvalue weighted by molar-refractivity contribution is 8.01. The summed E-state index contributed by atoms with van der Waals surface area (Å²) < 4.78 is 23.0. The fourth-order valence-electron chi connectivity index (χ4n) is 2.28. The van der Waals surface area contributed by atoms with Crippen molar-refractivity contribution in [3.05, 3.63) is 29.8 Å². The van der Waals surface area contributed by atoms with Gasteiger partial charge in [0, 0.05) is 16.7 Å². The van der Waals surface area contributed by atoms with Gasteiger partial charge < -0.3 is 5.32 Å². The van der Waals surface area contributed by atoms with Crippen molar-refractivity contribution in [1.82, 2.24) is 5.32 Å². The number of rotatable bonds is 6. The van der Waals surface area contributed by atoms with Crippen molar-refractivity contribution in [2.75, 3.05) is 18.1 Å². The second-order valence-corrected chi connectivity index (χ2v) is 9.42. The Morgan fingerprint density at radius 2 is 2.20 bits per heavy atom. The van der Waals surface area contributed by atoms with Crippen LogP contribution in [0.25, 0.3) is 0 Å². The minimum atomic E-state index is -2.78. The molecule has 5 heteroatoms. The molecule has 1 saturated heterocycles. The standard InChI is InChI=1S/C15H23NO2S2/c1-12(2)9-16-10-13-4-3-5-14(8-13)19-15-6-7-20(17,18)11-15/h3-5,8,12,15-16H,6-7,9-11H2,1-2H3. The van der Waals surface area contributed by atoms with Gasteiger partial charge in [0.25, 0.3) is 0 Å². The molecule has 0 spiro atoms. The van der Waals surface area contributed by atoms with Gasteiger partial charge in [-0.15, -0.1) is 11.8 Å². The van der Waals surface area contributed by atoms with Gasteiger partial charge >= 0.3 is 0 Å². The highest BCUT2D eigenvalue weighted by atomic mass is 32.2. The molecule has 1 unspecified atom stereocenters. The van der Waals surface area contributed by atoms with Crippen molar-refractivity contribution in [1.29, 1.82) is 0 Å². The van der Waals surface area contributed by atoms with Crippen LogP contribution in [0.2, 0.25) is 0 Å². The van der Waals surface area contributed by atoms with Gasteiger partial charge in [0.1, 0.15) is 0 Å². The Morgan fingerprint density at radius 3 is 2.85 bits per heavy atom. The SMILES string of the molecule is CC(C)CNCc1cccc(SC2CCS(=O)(=O)C2)c1. The van der Waals surface area contributed by atoms with E-state index < -0.39 is 9.84 Å². The summed E-state index contributed by atoms with van der Waals surface area (Å²) in [6.07, 6.45) is 0.781. The maximum Gasteiger partial charge on any atom is 0.151 e. The van der Waals surface area contributed by atoms with E-state index in [-0.39, 0.29) is 5.25 Å². The summed E-state index contributed by atoms with van der Waals surface area (Å²) in [5.74, 6) is 1.32. The van der Waals surface area contributed by atoms with E-state index in [1.807, 2.05) is 0 Å². The van der Waals surface area contributed by atoms with Gasteiger partial charge in [-0.05, 0) is 36.6 Å². The molecule has 1 aromatic rings. The summed E-state index contributed by atoms with van der Waals surface area (Å²) in [7, 11) is -2.78. The fraction of sp³-hybridized carbons (Fsp3) is 0.600. The number of nitrogens with one attached hydrogen (secondary N) is 1. The number of thioether (sulfide) groups is 1. The summed E-state index contributed by atoms with van der Waals surface area (Å²) in [5.41, 5.74) is 1.26. The molecule has 1 fully saturated rings. The lowest BCUT2D eigenvalue weighted by Crippen LogP contribution is -2.18. The van der Waals surface area contributed by atoms with Crippen LogP contribution in [0, 0.1) is 5.92 Å². The third-order valence-electron chi connectivity index (χ3n) is 3.27. The summed E-state index contributed by atoms with van der Waals surface area (Å²) in [6.45, 7) is 6.27. The number of benzene rings is 1. The van der Waals surface area contributed by atoms with E-state index in [0.29, 0.717) is 17.4 Å². The monoisotopic (exact) mass is 313 g/mol. The summed E-state index contributed by atoms with van der Waals surface area (Å²) >= 11 is 1.70. The van der Waals surface area contributed by atoms with Crippen LogP contribution in [0.1, 0.15) is 25.8 Å². The lowest BCUT2D eigenvalue weighted by atomic mass is 10.2. The van der Waals surface area contributed by atoms with Gasteiger partial charge in [-0.1, -0.05) is 26.0 Å². The highest BCUT2D eigenvalue weighted by Crippen LogP contribution is 2.31. The third-order valence-corrected chi connectivity index (χ3v) is 6.51. The molecular formula is C15H23NO2S2. The first kappa shape index (κ1) is 15.9. The van der Waals surface area contributed by atoms with Crippen LogP contribution in [0.4, 0.5) is 0 Å². The average Bonchev–Trinajstić information content (AvgIpc) is 2.68. The lowest BCUT2D eigenvalue weighted by Gasteiger charge is -2.10. The number of hydrogen-bond donors (Lipinski definition) is 1. The molecule has 1 atom stereocenters. The molecule has 2 rings (SSSR count). The van der Waals surface area contributed by atoms with Crippen LogP contribution >= 0.6 is 11.8 Å². The van der Waals surface area contributed by atoms with Crippen LogP contribution in [0.15, 0.2) is 29.2 Å². The zero-order valence-electron chi connectivity index (χ0n) is 12.1. The summed E-state index contributed by atoms with van der Waals surface area (Å²) in [4.78, 5) is 1.18. The van der Waals surface area contributed by atoms with Crippen LogP contribution in [-0.4, -0.2) is 31.7 Å². The van der Waals surface area contributed by atoms with E-state index in [4.69, 9.17) is 0 Å². The first-order chi connectivity index (χ1) is 9.44. The zero-order chi connectivity index (χ0) is 14.6. The van der Waals surface area contributed by atoms with Crippen molar-refractivity contribution >= 4 is 21.6 Å². The second kappa shape index (κ2) is 6.96. The van der Waals surface area contributed by atoms with Crippen LogP contribution in [0.5, 0.6) is 0 Å². The Labute approximate surface area is 126 Å². The van der Waals surface area contributed by atoms with Gasteiger partial charge in [0.15, 0.2) is 9.84 Å². The van der Waals surface area contributed by atoms with E-state index in [1.165, 1.54) is 10.5 Å².